The number of fused-ring (bicyclic) bond motifs is 1. The molecule has 1 aromatic rings. The summed E-state index contributed by atoms with van der Waals surface area (Å²) in [5.41, 5.74) is -0.154. The second kappa shape index (κ2) is 8.23. The van der Waals surface area contributed by atoms with Crippen molar-refractivity contribution < 1.29 is 14.7 Å². The number of rotatable bonds is 5. The Morgan fingerprint density at radius 2 is 1.74 bits per heavy atom. The summed E-state index contributed by atoms with van der Waals surface area (Å²) in [7, 11) is 0. The molecule has 1 saturated heterocycles. The highest BCUT2D eigenvalue weighted by Crippen LogP contribution is 2.63. The van der Waals surface area contributed by atoms with Gasteiger partial charge in [0.1, 0.15) is 0 Å². The molecule has 0 aromatic heterocycles. The third kappa shape index (κ3) is 4.39. The van der Waals surface area contributed by atoms with Gasteiger partial charge in [0.15, 0.2) is 0 Å². The first kappa shape index (κ1) is 22.3. The largest absolute Gasteiger partial charge is 0.390 e. The van der Waals surface area contributed by atoms with E-state index in [-0.39, 0.29) is 34.6 Å². The fraction of sp³-hybridized carbons (Fsp3) is 0.692. The first-order chi connectivity index (χ1) is 14.6. The second-order valence-corrected chi connectivity index (χ2v) is 11.2. The SMILES string of the molecule is CC1(C)C[C@H](NC(=O)c2ccccc2)[C@@]2(CCC(=O)N3CCCC3)CC[C@](C)(O)C[C@@H]12. The number of nitrogens with zero attached hydrogens (tertiary/aromatic N) is 1. The van der Waals surface area contributed by atoms with Gasteiger partial charge in [-0.15, -0.1) is 0 Å². The number of aliphatic hydroxyl groups is 1. The van der Waals surface area contributed by atoms with E-state index in [0.29, 0.717) is 12.0 Å². The molecule has 1 aliphatic heterocycles. The van der Waals surface area contributed by atoms with Gasteiger partial charge in [-0.25, -0.2) is 0 Å². The highest BCUT2D eigenvalue weighted by molar-refractivity contribution is 5.94. The average Bonchev–Trinajstić information content (AvgIpc) is 3.33. The van der Waals surface area contributed by atoms with Crippen LogP contribution in [-0.4, -0.2) is 46.6 Å². The van der Waals surface area contributed by atoms with Crippen LogP contribution in [0.4, 0.5) is 0 Å². The highest BCUT2D eigenvalue weighted by atomic mass is 16.3. The fourth-order valence-electron chi connectivity index (χ4n) is 6.73. The van der Waals surface area contributed by atoms with Gasteiger partial charge in [0.25, 0.3) is 5.91 Å². The summed E-state index contributed by atoms with van der Waals surface area (Å²) < 4.78 is 0. The molecular formula is C26H38N2O3. The minimum absolute atomic E-state index is 0.00423. The van der Waals surface area contributed by atoms with E-state index < -0.39 is 5.60 Å². The number of amides is 2. The van der Waals surface area contributed by atoms with E-state index in [1.807, 2.05) is 42.2 Å². The van der Waals surface area contributed by atoms with Gasteiger partial charge in [0.2, 0.25) is 5.91 Å². The zero-order valence-corrected chi connectivity index (χ0v) is 19.3. The summed E-state index contributed by atoms with van der Waals surface area (Å²) in [5, 5.41) is 14.3. The van der Waals surface area contributed by atoms with Crippen LogP contribution < -0.4 is 5.32 Å². The molecule has 2 N–H and O–H groups in total. The molecule has 4 atom stereocenters. The molecule has 4 rings (SSSR count). The maximum atomic E-state index is 13.1. The van der Waals surface area contributed by atoms with Crippen molar-refractivity contribution in [1.29, 1.82) is 0 Å². The molecule has 2 amide bonds. The van der Waals surface area contributed by atoms with Crippen molar-refractivity contribution in [2.75, 3.05) is 13.1 Å². The Hall–Kier alpha value is -1.88. The van der Waals surface area contributed by atoms with Crippen molar-refractivity contribution in [3.05, 3.63) is 35.9 Å². The van der Waals surface area contributed by atoms with Gasteiger partial charge >= 0.3 is 0 Å². The molecule has 3 fully saturated rings. The average molecular weight is 427 g/mol. The van der Waals surface area contributed by atoms with E-state index >= 15 is 0 Å². The van der Waals surface area contributed by atoms with E-state index in [4.69, 9.17) is 0 Å². The van der Waals surface area contributed by atoms with Crippen LogP contribution in [0, 0.1) is 16.7 Å². The second-order valence-electron chi connectivity index (χ2n) is 11.2. The van der Waals surface area contributed by atoms with E-state index in [2.05, 4.69) is 19.2 Å². The molecule has 2 saturated carbocycles. The Balaban J connectivity index is 1.59. The number of likely N-dealkylation sites (tertiary alicyclic amines) is 1. The third-order valence-electron chi connectivity index (χ3n) is 8.44. The Labute approximate surface area is 186 Å². The van der Waals surface area contributed by atoms with Gasteiger partial charge in [-0.3, -0.25) is 9.59 Å². The first-order valence-electron chi connectivity index (χ1n) is 12.0. The van der Waals surface area contributed by atoms with Gasteiger partial charge in [0.05, 0.1) is 5.60 Å². The zero-order chi connectivity index (χ0) is 22.3. The van der Waals surface area contributed by atoms with Crippen molar-refractivity contribution in [3.63, 3.8) is 0 Å². The van der Waals surface area contributed by atoms with Crippen molar-refractivity contribution in [1.82, 2.24) is 10.2 Å². The molecule has 1 heterocycles. The molecule has 0 spiro atoms. The van der Waals surface area contributed by atoms with Crippen molar-refractivity contribution in [3.8, 4) is 0 Å². The molecule has 0 unspecified atom stereocenters. The number of carbonyl (C=O) groups is 2. The zero-order valence-electron chi connectivity index (χ0n) is 19.3. The number of benzene rings is 1. The molecule has 0 bridgehead atoms. The molecule has 5 nitrogen and oxygen atoms in total. The van der Waals surface area contributed by atoms with Crippen LogP contribution in [0.1, 0.15) is 82.5 Å². The Kier molecular flexibility index (Phi) is 5.93. The lowest BCUT2D eigenvalue weighted by Crippen LogP contribution is -2.52. The topological polar surface area (TPSA) is 69.6 Å². The van der Waals surface area contributed by atoms with Crippen LogP contribution in [-0.2, 0) is 4.79 Å². The van der Waals surface area contributed by atoms with Gasteiger partial charge in [-0.05, 0) is 80.8 Å². The first-order valence-corrected chi connectivity index (χ1v) is 12.0. The van der Waals surface area contributed by atoms with Crippen LogP contribution in [0.5, 0.6) is 0 Å². The Morgan fingerprint density at radius 1 is 1.06 bits per heavy atom. The normalized spacial score (nSPS) is 34.4. The van der Waals surface area contributed by atoms with Crippen LogP contribution >= 0.6 is 0 Å². The van der Waals surface area contributed by atoms with Crippen molar-refractivity contribution in [2.45, 2.75) is 83.8 Å². The lowest BCUT2D eigenvalue weighted by atomic mass is 9.57. The maximum Gasteiger partial charge on any atom is 0.251 e. The quantitative estimate of drug-likeness (QED) is 0.743. The van der Waals surface area contributed by atoms with E-state index in [1.54, 1.807) is 0 Å². The maximum absolute atomic E-state index is 13.1. The Bertz CT molecular complexity index is 813. The summed E-state index contributed by atoms with van der Waals surface area (Å²) in [5.74, 6) is 0.488. The predicted octanol–water partition coefficient (Wildman–Crippen LogP) is 4.16. The summed E-state index contributed by atoms with van der Waals surface area (Å²) in [4.78, 5) is 28.0. The summed E-state index contributed by atoms with van der Waals surface area (Å²) in [6, 6.07) is 9.41. The van der Waals surface area contributed by atoms with Crippen LogP contribution in [0.15, 0.2) is 30.3 Å². The number of carbonyl (C=O) groups excluding carboxylic acids is 2. The van der Waals surface area contributed by atoms with Gasteiger partial charge in [-0.2, -0.15) is 0 Å². The monoisotopic (exact) mass is 426 g/mol. The molecule has 2 aliphatic carbocycles. The fourth-order valence-corrected chi connectivity index (χ4v) is 6.73. The molecule has 1 aromatic carbocycles. The van der Waals surface area contributed by atoms with Crippen molar-refractivity contribution in [2.24, 2.45) is 16.7 Å². The van der Waals surface area contributed by atoms with E-state index in [0.717, 1.165) is 58.0 Å². The predicted molar refractivity (Wildman–Crippen MR) is 122 cm³/mol. The summed E-state index contributed by atoms with van der Waals surface area (Å²) >= 11 is 0. The minimum Gasteiger partial charge on any atom is -0.390 e. The summed E-state index contributed by atoms with van der Waals surface area (Å²) in [6.45, 7) is 8.24. The number of hydrogen-bond acceptors (Lipinski definition) is 3. The lowest BCUT2D eigenvalue weighted by Gasteiger charge is -2.51. The molecular weight excluding hydrogens is 388 g/mol. The van der Waals surface area contributed by atoms with Gasteiger partial charge in [-0.1, -0.05) is 32.0 Å². The van der Waals surface area contributed by atoms with Crippen LogP contribution in [0.2, 0.25) is 0 Å². The van der Waals surface area contributed by atoms with Crippen LogP contribution in [0.25, 0.3) is 0 Å². The third-order valence-corrected chi connectivity index (χ3v) is 8.44. The van der Waals surface area contributed by atoms with E-state index in [1.165, 1.54) is 0 Å². The summed E-state index contributed by atoms with van der Waals surface area (Å²) in [6.07, 6.45) is 6.70. The molecule has 31 heavy (non-hydrogen) atoms. The van der Waals surface area contributed by atoms with Crippen LogP contribution in [0.3, 0.4) is 0 Å². The molecule has 5 heteroatoms. The lowest BCUT2D eigenvalue weighted by molar-refractivity contribution is -0.132. The molecule has 170 valence electrons. The highest BCUT2D eigenvalue weighted by Gasteiger charge is 2.61. The van der Waals surface area contributed by atoms with Crippen molar-refractivity contribution >= 4 is 11.8 Å². The molecule has 3 aliphatic rings. The molecule has 0 radical (unpaired) electrons. The Morgan fingerprint density at radius 3 is 2.42 bits per heavy atom. The van der Waals surface area contributed by atoms with E-state index in [9.17, 15) is 14.7 Å². The number of hydrogen-bond donors (Lipinski definition) is 2. The van der Waals surface area contributed by atoms with Gasteiger partial charge in [0, 0.05) is 31.1 Å². The number of nitrogens with one attached hydrogen (secondary N) is 1. The smallest absolute Gasteiger partial charge is 0.251 e. The minimum atomic E-state index is -0.678. The van der Waals surface area contributed by atoms with Gasteiger partial charge < -0.3 is 15.3 Å². The standard InChI is InChI=1S/C26H38N2O3/c1-24(2)18-21(27-23(30)19-9-5-4-6-10-19)26(14-13-25(3,31)17-20(24)26)12-11-22(29)28-15-7-8-16-28/h4-6,9-10,20-21,31H,7-8,11-18H2,1-3H3,(H,27,30)/t20-,21-,25-,26-/m0/s1.